The van der Waals surface area contributed by atoms with Crippen molar-refractivity contribution in [3.63, 3.8) is 0 Å². The molecule has 2 aliphatic rings. The van der Waals surface area contributed by atoms with E-state index in [1.54, 1.807) is 0 Å². The average molecular weight is 458 g/mol. The molecule has 1 saturated heterocycles. The zero-order chi connectivity index (χ0) is 23.3. The molecule has 0 amide bonds. The number of fused-ring (bicyclic) bond motifs is 1. The maximum absolute atomic E-state index is 11.9. The Labute approximate surface area is 201 Å². The van der Waals surface area contributed by atoms with Gasteiger partial charge in [0.1, 0.15) is 6.61 Å². The zero-order valence-electron chi connectivity index (χ0n) is 19.5. The van der Waals surface area contributed by atoms with E-state index in [4.69, 9.17) is 14.2 Å². The van der Waals surface area contributed by atoms with E-state index in [2.05, 4.69) is 41.7 Å². The molecule has 1 fully saturated rings. The first-order chi connectivity index (χ1) is 16.7. The first-order valence-electron chi connectivity index (χ1n) is 12.1. The van der Waals surface area contributed by atoms with Crippen LogP contribution >= 0.6 is 0 Å². The Bertz CT molecular complexity index is 1100. The number of carbonyl (C=O) groups excluding carboxylic acids is 1. The van der Waals surface area contributed by atoms with E-state index in [0.29, 0.717) is 24.0 Å². The molecular weight excluding hydrogens is 426 g/mol. The van der Waals surface area contributed by atoms with Gasteiger partial charge in [0.05, 0.1) is 12.7 Å². The minimum Gasteiger partial charge on any atom is -0.485 e. The zero-order valence-corrected chi connectivity index (χ0v) is 19.5. The second-order valence-electron chi connectivity index (χ2n) is 9.12. The summed E-state index contributed by atoms with van der Waals surface area (Å²) < 4.78 is 16.9. The lowest BCUT2D eigenvalue weighted by molar-refractivity contribution is 0.0600. The predicted octanol–water partition coefficient (Wildman–Crippen LogP) is 5.31. The lowest BCUT2D eigenvalue weighted by Crippen LogP contribution is -2.31. The number of nitrogens with one attached hydrogen (secondary N) is 1. The summed E-state index contributed by atoms with van der Waals surface area (Å²) in [4.78, 5) is 11.9. The van der Waals surface area contributed by atoms with Gasteiger partial charge in [-0.2, -0.15) is 0 Å². The molecule has 1 N–H and O–H groups in total. The van der Waals surface area contributed by atoms with E-state index in [0.717, 1.165) is 49.4 Å². The molecule has 34 heavy (non-hydrogen) atoms. The lowest BCUT2D eigenvalue weighted by Gasteiger charge is -2.31. The third-order valence-electron chi connectivity index (χ3n) is 7.03. The van der Waals surface area contributed by atoms with E-state index < -0.39 is 0 Å². The van der Waals surface area contributed by atoms with Gasteiger partial charge in [0.15, 0.2) is 17.6 Å². The summed E-state index contributed by atoms with van der Waals surface area (Å²) in [6, 6.07) is 24.5. The van der Waals surface area contributed by atoms with Crippen molar-refractivity contribution in [2.24, 2.45) is 5.92 Å². The molecule has 2 unspecified atom stereocenters. The molecule has 2 atom stereocenters. The quantitative estimate of drug-likeness (QED) is 0.508. The van der Waals surface area contributed by atoms with Crippen LogP contribution in [0.2, 0.25) is 0 Å². The molecule has 0 saturated carbocycles. The standard InChI is InChI=1S/C29H31NO4/c1-32-29(31)24-12-10-21(11-13-24)25(22-14-16-30-17-15-22)18-20-6-8-23(9-7-20)28-19-33-26-4-2-3-5-27(26)34-28/h2-13,22,25,28,30H,14-19H2,1H3. The lowest BCUT2D eigenvalue weighted by atomic mass is 9.77. The van der Waals surface area contributed by atoms with Crippen LogP contribution in [-0.2, 0) is 11.2 Å². The Kier molecular flexibility index (Phi) is 6.82. The smallest absolute Gasteiger partial charge is 0.337 e. The van der Waals surface area contributed by atoms with Crippen LogP contribution in [-0.4, -0.2) is 32.8 Å². The number of hydrogen-bond donors (Lipinski definition) is 1. The number of piperidine rings is 1. The molecule has 0 spiro atoms. The topological polar surface area (TPSA) is 56.8 Å². The first kappa shape index (κ1) is 22.5. The highest BCUT2D eigenvalue weighted by atomic mass is 16.6. The molecule has 0 aliphatic carbocycles. The summed E-state index contributed by atoms with van der Waals surface area (Å²) in [6.45, 7) is 2.63. The molecule has 2 aliphatic heterocycles. The molecule has 3 aromatic rings. The van der Waals surface area contributed by atoms with Gasteiger partial charge in [0.2, 0.25) is 0 Å². The minimum atomic E-state index is -0.294. The SMILES string of the molecule is COC(=O)c1ccc(C(Cc2ccc(C3COc4ccccc4O3)cc2)C2CCNCC2)cc1. The van der Waals surface area contributed by atoms with Crippen molar-refractivity contribution in [2.75, 3.05) is 26.8 Å². The second kappa shape index (κ2) is 10.3. The number of esters is 1. The van der Waals surface area contributed by atoms with Crippen molar-refractivity contribution in [2.45, 2.75) is 31.3 Å². The molecule has 5 heteroatoms. The fourth-order valence-corrected chi connectivity index (χ4v) is 5.09. The van der Waals surface area contributed by atoms with Gasteiger partial charge in [-0.15, -0.1) is 0 Å². The fraction of sp³-hybridized carbons (Fsp3) is 0.345. The molecule has 176 valence electrons. The number of carbonyl (C=O) groups is 1. The van der Waals surface area contributed by atoms with Crippen molar-refractivity contribution in [1.82, 2.24) is 5.32 Å². The number of benzene rings is 3. The maximum atomic E-state index is 11.9. The molecule has 5 nitrogen and oxygen atoms in total. The van der Waals surface area contributed by atoms with Gasteiger partial charge in [-0.3, -0.25) is 0 Å². The molecule has 2 heterocycles. The number of para-hydroxylation sites is 2. The molecule has 0 bridgehead atoms. The van der Waals surface area contributed by atoms with Crippen LogP contribution in [0, 0.1) is 5.92 Å². The van der Waals surface area contributed by atoms with Crippen LogP contribution in [0.3, 0.4) is 0 Å². The maximum Gasteiger partial charge on any atom is 0.337 e. The van der Waals surface area contributed by atoms with Crippen molar-refractivity contribution < 1.29 is 19.0 Å². The van der Waals surface area contributed by atoms with Crippen LogP contribution in [0.25, 0.3) is 0 Å². The highest BCUT2D eigenvalue weighted by Gasteiger charge is 2.26. The van der Waals surface area contributed by atoms with Gasteiger partial charge in [-0.1, -0.05) is 48.5 Å². The van der Waals surface area contributed by atoms with Crippen LogP contribution < -0.4 is 14.8 Å². The van der Waals surface area contributed by atoms with Crippen LogP contribution in [0.4, 0.5) is 0 Å². The summed E-state index contributed by atoms with van der Waals surface area (Å²) >= 11 is 0. The Balaban J connectivity index is 1.32. The number of hydrogen-bond acceptors (Lipinski definition) is 5. The van der Waals surface area contributed by atoms with Gasteiger partial charge < -0.3 is 19.5 Å². The van der Waals surface area contributed by atoms with Crippen LogP contribution in [0.5, 0.6) is 11.5 Å². The second-order valence-corrected chi connectivity index (χ2v) is 9.12. The summed E-state index contributed by atoms with van der Waals surface area (Å²) in [5.74, 6) is 2.32. The summed E-state index contributed by atoms with van der Waals surface area (Å²) in [7, 11) is 1.42. The molecular formula is C29H31NO4. The summed E-state index contributed by atoms with van der Waals surface area (Å²) in [5.41, 5.74) is 4.31. The van der Waals surface area contributed by atoms with Gasteiger partial charge >= 0.3 is 5.97 Å². The van der Waals surface area contributed by atoms with Crippen LogP contribution in [0.15, 0.2) is 72.8 Å². The normalized spacial score (nSPS) is 18.8. The number of methoxy groups -OCH3 is 1. The first-order valence-corrected chi connectivity index (χ1v) is 12.1. The van der Waals surface area contributed by atoms with Crippen molar-refractivity contribution >= 4 is 5.97 Å². The monoisotopic (exact) mass is 457 g/mol. The summed E-state index contributed by atoms with van der Waals surface area (Å²) in [5, 5.41) is 3.48. The number of ether oxygens (including phenoxy) is 3. The Morgan fingerprint density at radius 1 is 0.971 bits per heavy atom. The Morgan fingerprint density at radius 3 is 2.38 bits per heavy atom. The Morgan fingerprint density at radius 2 is 1.68 bits per heavy atom. The van der Waals surface area contributed by atoms with Crippen molar-refractivity contribution in [3.05, 3.63) is 95.1 Å². The fourth-order valence-electron chi connectivity index (χ4n) is 5.09. The van der Waals surface area contributed by atoms with E-state index >= 15 is 0 Å². The largest absolute Gasteiger partial charge is 0.485 e. The van der Waals surface area contributed by atoms with E-state index in [1.807, 2.05) is 36.4 Å². The Hall–Kier alpha value is -3.31. The minimum absolute atomic E-state index is 0.102. The van der Waals surface area contributed by atoms with E-state index in [9.17, 15) is 4.79 Å². The van der Waals surface area contributed by atoms with Gasteiger partial charge in [-0.25, -0.2) is 4.79 Å². The number of rotatable bonds is 6. The molecule has 5 rings (SSSR count). The average Bonchev–Trinajstić information content (AvgIpc) is 2.92. The molecule has 0 radical (unpaired) electrons. The van der Waals surface area contributed by atoms with Crippen LogP contribution in [0.1, 0.15) is 51.9 Å². The molecule has 0 aromatic heterocycles. The summed E-state index contributed by atoms with van der Waals surface area (Å²) in [6.07, 6.45) is 3.19. The third kappa shape index (κ3) is 4.95. The molecule has 3 aromatic carbocycles. The third-order valence-corrected chi connectivity index (χ3v) is 7.03. The highest BCUT2D eigenvalue weighted by Crippen LogP contribution is 2.37. The van der Waals surface area contributed by atoms with Gasteiger partial charge in [0.25, 0.3) is 0 Å². The highest BCUT2D eigenvalue weighted by molar-refractivity contribution is 5.89. The van der Waals surface area contributed by atoms with Crippen molar-refractivity contribution in [1.29, 1.82) is 0 Å². The van der Waals surface area contributed by atoms with E-state index in [-0.39, 0.29) is 12.1 Å². The van der Waals surface area contributed by atoms with E-state index in [1.165, 1.54) is 18.2 Å². The van der Waals surface area contributed by atoms with Gasteiger partial charge in [-0.05, 0) is 85.1 Å². The predicted molar refractivity (Wildman–Crippen MR) is 132 cm³/mol. The van der Waals surface area contributed by atoms with Crippen molar-refractivity contribution in [3.8, 4) is 11.5 Å². The van der Waals surface area contributed by atoms with Gasteiger partial charge in [0, 0.05) is 0 Å².